The zero-order valence-corrected chi connectivity index (χ0v) is 12.6. The highest BCUT2D eigenvalue weighted by atomic mass is 16.3. The second-order valence-electron chi connectivity index (χ2n) is 5.13. The Labute approximate surface area is 130 Å². The normalized spacial score (nSPS) is 16.2. The van der Waals surface area contributed by atoms with Crippen LogP contribution in [0.5, 0.6) is 5.75 Å². The predicted octanol–water partition coefficient (Wildman–Crippen LogP) is 1.38. The fraction of sp³-hybridized carbons (Fsp3) is 0.375. The number of nitrogens with one attached hydrogen (secondary N) is 1. The molecular weight excluding hydrogens is 280 g/mol. The highest BCUT2D eigenvalue weighted by Gasteiger charge is 2.16. The molecule has 6 nitrogen and oxygen atoms in total. The van der Waals surface area contributed by atoms with Crippen molar-refractivity contribution >= 4 is 11.6 Å². The van der Waals surface area contributed by atoms with Gasteiger partial charge in [0.2, 0.25) is 0 Å². The molecule has 1 amide bonds. The lowest BCUT2D eigenvalue weighted by molar-refractivity contribution is -0.112. The van der Waals surface area contributed by atoms with E-state index in [0.29, 0.717) is 5.69 Å². The van der Waals surface area contributed by atoms with Crippen molar-refractivity contribution in [2.75, 3.05) is 38.0 Å². The zero-order valence-electron chi connectivity index (χ0n) is 12.6. The van der Waals surface area contributed by atoms with Gasteiger partial charge in [-0.15, -0.1) is 0 Å². The summed E-state index contributed by atoms with van der Waals surface area (Å²) in [5, 5.41) is 21.1. The number of likely N-dealkylation sites (N-methyl/N-ethyl adjacent to an activating group) is 1. The molecule has 1 aromatic rings. The van der Waals surface area contributed by atoms with Crippen LogP contribution in [0.15, 0.2) is 36.0 Å². The largest absolute Gasteiger partial charge is 0.508 e. The van der Waals surface area contributed by atoms with Crippen LogP contribution >= 0.6 is 0 Å². The van der Waals surface area contributed by atoms with E-state index in [9.17, 15) is 15.2 Å². The summed E-state index contributed by atoms with van der Waals surface area (Å²) in [6, 6.07) is 8.08. The van der Waals surface area contributed by atoms with Crippen LogP contribution in [0.25, 0.3) is 0 Å². The molecule has 1 aliphatic heterocycles. The average Bonchev–Trinajstić information content (AvgIpc) is 2.55. The van der Waals surface area contributed by atoms with Gasteiger partial charge in [-0.2, -0.15) is 5.26 Å². The average molecular weight is 300 g/mol. The summed E-state index contributed by atoms with van der Waals surface area (Å²) in [6.07, 6.45) is 1.63. The van der Waals surface area contributed by atoms with E-state index in [1.165, 1.54) is 12.1 Å². The third-order valence-corrected chi connectivity index (χ3v) is 3.66. The number of phenolic OH excluding ortho intramolecular Hbond substituents is 1. The SMILES string of the molecule is CCN1CCN(/C=C(/C#N)C(=O)Nc2ccc(O)cc2)CC1. The molecule has 0 saturated carbocycles. The minimum Gasteiger partial charge on any atom is -0.508 e. The molecule has 2 rings (SSSR count). The molecule has 0 atom stereocenters. The van der Waals surface area contributed by atoms with Gasteiger partial charge in [-0.05, 0) is 30.8 Å². The molecule has 0 unspecified atom stereocenters. The summed E-state index contributed by atoms with van der Waals surface area (Å²) in [5.74, 6) is -0.311. The molecule has 6 heteroatoms. The summed E-state index contributed by atoms with van der Waals surface area (Å²) in [7, 11) is 0. The summed E-state index contributed by atoms with van der Waals surface area (Å²) in [6.45, 7) is 6.63. The molecule has 1 fully saturated rings. The minimum absolute atomic E-state index is 0.0815. The number of nitriles is 1. The van der Waals surface area contributed by atoms with Crippen molar-refractivity contribution in [2.45, 2.75) is 6.92 Å². The fourth-order valence-electron chi connectivity index (χ4n) is 2.27. The van der Waals surface area contributed by atoms with Crippen LogP contribution in [0.3, 0.4) is 0 Å². The third-order valence-electron chi connectivity index (χ3n) is 3.66. The van der Waals surface area contributed by atoms with Crippen molar-refractivity contribution in [3.63, 3.8) is 0 Å². The van der Waals surface area contributed by atoms with Gasteiger partial charge in [-0.3, -0.25) is 4.79 Å². The molecule has 1 aromatic carbocycles. The molecule has 0 aromatic heterocycles. The molecule has 116 valence electrons. The Morgan fingerprint density at radius 1 is 1.32 bits per heavy atom. The van der Waals surface area contributed by atoms with E-state index >= 15 is 0 Å². The summed E-state index contributed by atoms with van der Waals surface area (Å²) >= 11 is 0. The number of benzene rings is 1. The van der Waals surface area contributed by atoms with Gasteiger partial charge in [-0.25, -0.2) is 0 Å². The lowest BCUT2D eigenvalue weighted by atomic mass is 10.2. The van der Waals surface area contributed by atoms with E-state index in [4.69, 9.17) is 0 Å². The van der Waals surface area contributed by atoms with Crippen molar-refractivity contribution in [2.24, 2.45) is 0 Å². The molecule has 0 aliphatic carbocycles. The molecule has 1 saturated heterocycles. The number of piperazine rings is 1. The first kappa shape index (κ1) is 15.9. The van der Waals surface area contributed by atoms with Gasteiger partial charge in [0.25, 0.3) is 5.91 Å². The van der Waals surface area contributed by atoms with E-state index in [2.05, 4.69) is 17.1 Å². The van der Waals surface area contributed by atoms with Crippen molar-refractivity contribution in [1.29, 1.82) is 5.26 Å². The minimum atomic E-state index is -0.439. The first-order valence-corrected chi connectivity index (χ1v) is 7.31. The van der Waals surface area contributed by atoms with Crippen molar-refractivity contribution in [3.05, 3.63) is 36.0 Å². The Kier molecular flexibility index (Phi) is 5.39. The van der Waals surface area contributed by atoms with Gasteiger partial charge < -0.3 is 20.2 Å². The van der Waals surface area contributed by atoms with Gasteiger partial charge >= 0.3 is 0 Å². The molecule has 2 N–H and O–H groups in total. The Morgan fingerprint density at radius 2 is 1.95 bits per heavy atom. The van der Waals surface area contributed by atoms with Crippen LogP contribution in [0.4, 0.5) is 5.69 Å². The molecule has 0 radical (unpaired) electrons. The van der Waals surface area contributed by atoms with Gasteiger partial charge in [0, 0.05) is 38.1 Å². The Hall–Kier alpha value is -2.52. The standard InChI is InChI=1S/C16H20N4O2/c1-2-19-7-9-20(10-8-19)12-13(11-17)16(22)18-14-3-5-15(21)6-4-14/h3-6,12,21H,2,7-10H2,1H3,(H,18,22)/b13-12-. The number of carbonyl (C=O) groups is 1. The smallest absolute Gasteiger partial charge is 0.267 e. The Morgan fingerprint density at radius 3 is 2.50 bits per heavy atom. The summed E-state index contributed by atoms with van der Waals surface area (Å²) < 4.78 is 0. The number of hydrogen-bond donors (Lipinski definition) is 2. The maximum Gasteiger partial charge on any atom is 0.267 e. The second kappa shape index (κ2) is 7.48. The van der Waals surface area contributed by atoms with Gasteiger partial charge in [0.15, 0.2) is 0 Å². The van der Waals surface area contributed by atoms with Crippen molar-refractivity contribution in [3.8, 4) is 11.8 Å². The van der Waals surface area contributed by atoms with Crippen LogP contribution < -0.4 is 5.32 Å². The maximum absolute atomic E-state index is 12.1. The number of aromatic hydroxyl groups is 1. The monoisotopic (exact) mass is 300 g/mol. The molecule has 1 heterocycles. The number of anilines is 1. The van der Waals surface area contributed by atoms with Crippen LogP contribution in [-0.4, -0.2) is 53.5 Å². The molecule has 0 spiro atoms. The predicted molar refractivity (Wildman–Crippen MR) is 84.1 cm³/mol. The van der Waals surface area contributed by atoms with Crippen LogP contribution in [0, 0.1) is 11.3 Å². The van der Waals surface area contributed by atoms with Gasteiger partial charge in [-0.1, -0.05) is 6.92 Å². The molecule has 0 bridgehead atoms. The fourth-order valence-corrected chi connectivity index (χ4v) is 2.27. The van der Waals surface area contributed by atoms with Crippen molar-refractivity contribution < 1.29 is 9.90 Å². The van der Waals surface area contributed by atoms with E-state index in [1.807, 2.05) is 11.0 Å². The lowest BCUT2D eigenvalue weighted by Crippen LogP contribution is -2.44. The highest BCUT2D eigenvalue weighted by molar-refractivity contribution is 6.06. The number of carbonyl (C=O) groups excluding carboxylic acids is 1. The number of amides is 1. The van der Waals surface area contributed by atoms with Gasteiger partial charge in [0.05, 0.1) is 0 Å². The first-order chi connectivity index (χ1) is 10.6. The summed E-state index contributed by atoms with van der Waals surface area (Å²) in [5.41, 5.74) is 0.623. The first-order valence-electron chi connectivity index (χ1n) is 7.31. The Bertz CT molecular complexity index is 581. The number of phenols is 1. The third kappa shape index (κ3) is 4.24. The number of hydrogen-bond acceptors (Lipinski definition) is 5. The second-order valence-corrected chi connectivity index (χ2v) is 5.13. The van der Waals surface area contributed by atoms with Crippen molar-refractivity contribution in [1.82, 2.24) is 9.80 Å². The van der Waals surface area contributed by atoms with E-state index in [-0.39, 0.29) is 11.3 Å². The summed E-state index contributed by atoms with van der Waals surface area (Å²) in [4.78, 5) is 16.4. The molecular formula is C16H20N4O2. The zero-order chi connectivity index (χ0) is 15.9. The van der Waals surface area contributed by atoms with Crippen LogP contribution in [-0.2, 0) is 4.79 Å². The van der Waals surface area contributed by atoms with Gasteiger partial charge in [0.1, 0.15) is 17.4 Å². The molecule has 22 heavy (non-hydrogen) atoms. The topological polar surface area (TPSA) is 79.6 Å². The van der Waals surface area contributed by atoms with E-state index in [0.717, 1.165) is 32.7 Å². The maximum atomic E-state index is 12.1. The van der Waals surface area contributed by atoms with Crippen LogP contribution in [0.1, 0.15) is 6.92 Å². The van der Waals surface area contributed by atoms with Crippen LogP contribution in [0.2, 0.25) is 0 Å². The van der Waals surface area contributed by atoms with E-state index < -0.39 is 5.91 Å². The highest BCUT2D eigenvalue weighted by Crippen LogP contribution is 2.14. The van der Waals surface area contributed by atoms with E-state index in [1.54, 1.807) is 18.3 Å². The Balaban J connectivity index is 1.98. The number of nitrogens with zero attached hydrogens (tertiary/aromatic N) is 3. The lowest BCUT2D eigenvalue weighted by Gasteiger charge is -2.33. The number of rotatable bonds is 4. The quantitative estimate of drug-likeness (QED) is 0.499. The molecule has 1 aliphatic rings.